The van der Waals surface area contributed by atoms with Gasteiger partial charge in [-0.2, -0.15) is 0 Å². The summed E-state index contributed by atoms with van der Waals surface area (Å²) in [7, 11) is 0. The fourth-order valence-electron chi connectivity index (χ4n) is 3.52. The summed E-state index contributed by atoms with van der Waals surface area (Å²) in [6.07, 6.45) is -0.314. The number of amides is 2. The van der Waals surface area contributed by atoms with E-state index in [2.05, 4.69) is 0 Å². The van der Waals surface area contributed by atoms with Crippen molar-refractivity contribution < 1.29 is 18.7 Å². The molecule has 1 fully saturated rings. The van der Waals surface area contributed by atoms with Gasteiger partial charge in [0.2, 0.25) is 0 Å². The second kappa shape index (κ2) is 10.0. The highest BCUT2D eigenvalue weighted by molar-refractivity contribution is 6.30. The van der Waals surface area contributed by atoms with Crippen LogP contribution in [0.5, 0.6) is 0 Å². The SMILES string of the molecule is CC(C)CN(C[C@@H]1CN(C(=O)c2ccc(Cl)cc2)CCO1)C(=O)c1cccc(F)c1. The summed E-state index contributed by atoms with van der Waals surface area (Å²) in [5.41, 5.74) is 0.871. The lowest BCUT2D eigenvalue weighted by molar-refractivity contribution is -0.0340. The standard InChI is InChI=1S/C23H26ClFN2O3/c1-16(2)13-27(23(29)18-4-3-5-20(25)12-18)15-21-14-26(10-11-30-21)22(28)17-6-8-19(24)9-7-17/h3-9,12,16,21H,10-11,13-15H2,1-2H3/t21-/m0/s1. The third kappa shape index (κ3) is 5.80. The Kier molecular flexibility index (Phi) is 7.45. The Balaban J connectivity index is 1.70. The number of hydrogen-bond acceptors (Lipinski definition) is 3. The number of hydrogen-bond donors (Lipinski definition) is 0. The van der Waals surface area contributed by atoms with Crippen molar-refractivity contribution in [2.45, 2.75) is 20.0 Å². The number of rotatable bonds is 6. The fraction of sp³-hybridized carbons (Fsp3) is 0.391. The number of ether oxygens (including phenoxy) is 1. The molecule has 0 radical (unpaired) electrons. The van der Waals surface area contributed by atoms with Crippen molar-refractivity contribution >= 4 is 23.4 Å². The van der Waals surface area contributed by atoms with E-state index in [1.165, 1.54) is 18.2 Å². The summed E-state index contributed by atoms with van der Waals surface area (Å²) in [6, 6.07) is 12.5. The number of carbonyl (C=O) groups is 2. The van der Waals surface area contributed by atoms with Gasteiger partial charge in [0.1, 0.15) is 5.82 Å². The van der Waals surface area contributed by atoms with Gasteiger partial charge in [-0.3, -0.25) is 9.59 Å². The minimum Gasteiger partial charge on any atom is -0.373 e. The molecule has 30 heavy (non-hydrogen) atoms. The van der Waals surface area contributed by atoms with Crippen LogP contribution < -0.4 is 0 Å². The van der Waals surface area contributed by atoms with E-state index in [1.54, 1.807) is 40.1 Å². The zero-order chi connectivity index (χ0) is 21.7. The monoisotopic (exact) mass is 432 g/mol. The maximum Gasteiger partial charge on any atom is 0.254 e. The summed E-state index contributed by atoms with van der Waals surface area (Å²) >= 11 is 5.91. The van der Waals surface area contributed by atoms with Crippen LogP contribution in [-0.4, -0.2) is 60.5 Å². The highest BCUT2D eigenvalue weighted by Gasteiger charge is 2.28. The molecule has 5 nitrogen and oxygen atoms in total. The van der Waals surface area contributed by atoms with E-state index in [9.17, 15) is 14.0 Å². The van der Waals surface area contributed by atoms with E-state index in [1.807, 2.05) is 13.8 Å². The molecular formula is C23H26ClFN2O3. The van der Waals surface area contributed by atoms with Gasteiger partial charge in [0.15, 0.2) is 0 Å². The van der Waals surface area contributed by atoms with E-state index >= 15 is 0 Å². The van der Waals surface area contributed by atoms with Crippen LogP contribution in [0.1, 0.15) is 34.6 Å². The highest BCUT2D eigenvalue weighted by Crippen LogP contribution is 2.16. The Bertz CT molecular complexity index is 888. The average Bonchev–Trinajstić information content (AvgIpc) is 2.72. The van der Waals surface area contributed by atoms with Crippen LogP contribution >= 0.6 is 11.6 Å². The zero-order valence-electron chi connectivity index (χ0n) is 17.2. The van der Waals surface area contributed by atoms with Crippen molar-refractivity contribution in [2.75, 3.05) is 32.8 Å². The first-order valence-corrected chi connectivity index (χ1v) is 10.4. The van der Waals surface area contributed by atoms with Gasteiger partial charge in [-0.05, 0) is 48.4 Å². The van der Waals surface area contributed by atoms with E-state index in [0.717, 1.165) is 0 Å². The van der Waals surface area contributed by atoms with E-state index in [0.29, 0.717) is 48.9 Å². The molecule has 0 aromatic heterocycles. The smallest absolute Gasteiger partial charge is 0.254 e. The van der Waals surface area contributed by atoms with Crippen molar-refractivity contribution in [1.29, 1.82) is 0 Å². The second-order valence-corrected chi connectivity index (χ2v) is 8.30. The Morgan fingerprint density at radius 2 is 1.93 bits per heavy atom. The molecule has 0 saturated carbocycles. The Morgan fingerprint density at radius 1 is 1.20 bits per heavy atom. The largest absolute Gasteiger partial charge is 0.373 e. The van der Waals surface area contributed by atoms with Crippen molar-refractivity contribution in [3.05, 3.63) is 70.5 Å². The maximum absolute atomic E-state index is 13.6. The molecule has 0 spiro atoms. The molecule has 2 aromatic carbocycles. The Hall–Kier alpha value is -2.44. The number of carbonyl (C=O) groups excluding carboxylic acids is 2. The second-order valence-electron chi connectivity index (χ2n) is 7.87. The Labute approximate surface area is 181 Å². The van der Waals surface area contributed by atoms with Gasteiger partial charge >= 0.3 is 0 Å². The van der Waals surface area contributed by atoms with Crippen LogP contribution in [-0.2, 0) is 4.74 Å². The van der Waals surface area contributed by atoms with Gasteiger partial charge < -0.3 is 14.5 Å². The van der Waals surface area contributed by atoms with Crippen LogP contribution in [0.2, 0.25) is 5.02 Å². The van der Waals surface area contributed by atoms with Crippen LogP contribution in [0.4, 0.5) is 4.39 Å². The highest BCUT2D eigenvalue weighted by atomic mass is 35.5. The quantitative estimate of drug-likeness (QED) is 0.690. The molecule has 1 atom stereocenters. The predicted molar refractivity (Wildman–Crippen MR) is 114 cm³/mol. The van der Waals surface area contributed by atoms with Crippen LogP contribution in [0.25, 0.3) is 0 Å². The molecule has 160 valence electrons. The first-order chi connectivity index (χ1) is 14.3. The van der Waals surface area contributed by atoms with Crippen molar-refractivity contribution in [3.8, 4) is 0 Å². The normalized spacial score (nSPS) is 16.6. The first-order valence-electron chi connectivity index (χ1n) is 10.0. The maximum atomic E-state index is 13.6. The van der Waals surface area contributed by atoms with E-state index < -0.39 is 5.82 Å². The number of nitrogens with zero attached hydrogens (tertiary/aromatic N) is 2. The molecule has 1 aliphatic heterocycles. The van der Waals surface area contributed by atoms with Gasteiger partial charge in [0.05, 0.1) is 12.7 Å². The van der Waals surface area contributed by atoms with Crippen LogP contribution in [0.3, 0.4) is 0 Å². The molecule has 1 aliphatic rings. The third-order valence-electron chi connectivity index (χ3n) is 4.89. The van der Waals surface area contributed by atoms with Gasteiger partial charge in [0, 0.05) is 42.3 Å². The summed E-state index contributed by atoms with van der Waals surface area (Å²) in [4.78, 5) is 29.2. The molecule has 7 heteroatoms. The topological polar surface area (TPSA) is 49.9 Å². The average molecular weight is 433 g/mol. The van der Waals surface area contributed by atoms with Gasteiger partial charge in [-0.15, -0.1) is 0 Å². The lowest BCUT2D eigenvalue weighted by atomic mass is 10.1. The van der Waals surface area contributed by atoms with Gasteiger partial charge in [0.25, 0.3) is 11.8 Å². The molecule has 0 bridgehead atoms. The fourth-order valence-corrected chi connectivity index (χ4v) is 3.65. The molecular weight excluding hydrogens is 407 g/mol. The Morgan fingerprint density at radius 3 is 2.60 bits per heavy atom. The molecule has 0 N–H and O–H groups in total. The summed E-state index contributed by atoms with van der Waals surface area (Å²) in [6.45, 7) is 6.15. The lowest BCUT2D eigenvalue weighted by Gasteiger charge is -2.36. The van der Waals surface area contributed by atoms with Crippen LogP contribution in [0, 0.1) is 11.7 Å². The molecule has 0 unspecified atom stereocenters. The molecule has 1 saturated heterocycles. The summed E-state index contributed by atoms with van der Waals surface area (Å²) < 4.78 is 19.4. The van der Waals surface area contributed by atoms with Crippen molar-refractivity contribution in [3.63, 3.8) is 0 Å². The number of benzene rings is 2. The predicted octanol–water partition coefficient (Wildman–Crippen LogP) is 4.12. The van der Waals surface area contributed by atoms with Gasteiger partial charge in [-0.25, -0.2) is 4.39 Å². The van der Waals surface area contributed by atoms with Crippen molar-refractivity contribution in [2.24, 2.45) is 5.92 Å². The number of morpholine rings is 1. The lowest BCUT2D eigenvalue weighted by Crippen LogP contribution is -2.51. The minimum absolute atomic E-state index is 0.0909. The zero-order valence-corrected chi connectivity index (χ0v) is 17.9. The summed E-state index contributed by atoms with van der Waals surface area (Å²) in [5.74, 6) is -0.545. The third-order valence-corrected chi connectivity index (χ3v) is 5.14. The summed E-state index contributed by atoms with van der Waals surface area (Å²) in [5, 5.41) is 0.576. The van der Waals surface area contributed by atoms with E-state index in [-0.39, 0.29) is 23.8 Å². The van der Waals surface area contributed by atoms with Gasteiger partial charge in [-0.1, -0.05) is 31.5 Å². The molecule has 1 heterocycles. The minimum atomic E-state index is -0.445. The van der Waals surface area contributed by atoms with Crippen LogP contribution in [0.15, 0.2) is 48.5 Å². The molecule has 3 rings (SSSR count). The van der Waals surface area contributed by atoms with E-state index in [4.69, 9.17) is 16.3 Å². The molecule has 0 aliphatic carbocycles. The first kappa shape index (κ1) is 22.2. The number of halogens is 2. The molecule has 2 amide bonds. The molecule has 2 aromatic rings. The van der Waals surface area contributed by atoms with Crippen molar-refractivity contribution in [1.82, 2.24) is 9.80 Å².